The van der Waals surface area contributed by atoms with Crippen molar-refractivity contribution in [3.8, 4) is 5.88 Å². The number of alkyl halides is 3. The fourth-order valence-corrected chi connectivity index (χ4v) is 4.69. The molecule has 1 aliphatic heterocycles. The summed E-state index contributed by atoms with van der Waals surface area (Å²) >= 11 is 6.81. The SMILES string of the molecule is CN1CCN(c2ncc(Sc3ccc(C(N)=O)c(C(F)(F)F)c3)c(OCc3ccc(F)c(Cl)c3)n2)CC1. The normalized spacial score (nSPS) is 14.6. The Labute approximate surface area is 219 Å². The Hall–Kier alpha value is -3.09. The molecule has 4 rings (SSSR count). The third kappa shape index (κ3) is 6.62. The number of amides is 1. The van der Waals surface area contributed by atoms with Gasteiger partial charge in [-0.15, -0.1) is 0 Å². The van der Waals surface area contributed by atoms with Crippen LogP contribution in [0.3, 0.4) is 0 Å². The summed E-state index contributed by atoms with van der Waals surface area (Å²) in [5, 5.41) is -0.0641. The van der Waals surface area contributed by atoms with Gasteiger partial charge in [0.2, 0.25) is 17.7 Å². The molecule has 0 radical (unpaired) electrons. The number of anilines is 1. The Morgan fingerprint density at radius 1 is 1.16 bits per heavy atom. The lowest BCUT2D eigenvalue weighted by Gasteiger charge is -2.32. The first-order valence-corrected chi connectivity index (χ1v) is 12.3. The highest BCUT2D eigenvalue weighted by atomic mass is 35.5. The number of halogens is 5. The van der Waals surface area contributed by atoms with E-state index in [4.69, 9.17) is 22.1 Å². The number of piperazine rings is 1. The lowest BCUT2D eigenvalue weighted by molar-refractivity contribution is -0.138. The first-order valence-electron chi connectivity index (χ1n) is 11.1. The molecular weight excluding hydrogens is 534 g/mol. The van der Waals surface area contributed by atoms with Crippen LogP contribution in [0, 0.1) is 5.82 Å². The first-order chi connectivity index (χ1) is 17.5. The highest BCUT2D eigenvalue weighted by Crippen LogP contribution is 2.39. The second-order valence-corrected chi connectivity index (χ2v) is 9.86. The fourth-order valence-electron chi connectivity index (χ4n) is 3.62. The monoisotopic (exact) mass is 555 g/mol. The second-order valence-electron chi connectivity index (χ2n) is 8.34. The average Bonchev–Trinajstić information content (AvgIpc) is 2.85. The Kier molecular flexibility index (Phi) is 8.10. The standard InChI is InChI=1S/C24H22ClF4N5O2S/c1-33-6-8-34(9-7-33)23-31-12-20(22(32-23)36-13-14-2-5-19(26)18(25)10-14)37-15-3-4-16(21(30)35)17(11-15)24(27,28)29/h2-5,10-12H,6-9,13H2,1H3,(H2,30,35). The number of nitrogens with two attached hydrogens (primary N) is 1. The molecule has 1 saturated heterocycles. The van der Waals surface area contributed by atoms with Gasteiger partial charge in [-0.1, -0.05) is 29.4 Å². The van der Waals surface area contributed by atoms with Crippen LogP contribution in [-0.4, -0.2) is 54.0 Å². The number of carbonyl (C=O) groups is 1. The van der Waals surface area contributed by atoms with E-state index in [9.17, 15) is 22.4 Å². The van der Waals surface area contributed by atoms with Crippen molar-refractivity contribution in [1.29, 1.82) is 0 Å². The van der Waals surface area contributed by atoms with Crippen molar-refractivity contribution in [1.82, 2.24) is 14.9 Å². The minimum Gasteiger partial charge on any atom is -0.472 e. The predicted molar refractivity (Wildman–Crippen MR) is 132 cm³/mol. The molecule has 7 nitrogen and oxygen atoms in total. The van der Waals surface area contributed by atoms with Crippen molar-refractivity contribution in [2.24, 2.45) is 5.73 Å². The largest absolute Gasteiger partial charge is 0.472 e. The Bertz CT molecular complexity index is 1300. The topological polar surface area (TPSA) is 84.6 Å². The molecule has 0 spiro atoms. The summed E-state index contributed by atoms with van der Waals surface area (Å²) in [5.41, 5.74) is 3.94. The lowest BCUT2D eigenvalue weighted by Crippen LogP contribution is -2.45. The molecule has 37 heavy (non-hydrogen) atoms. The van der Waals surface area contributed by atoms with Crippen LogP contribution in [0.5, 0.6) is 5.88 Å². The predicted octanol–water partition coefficient (Wildman–Crippen LogP) is 4.87. The highest BCUT2D eigenvalue weighted by molar-refractivity contribution is 7.99. The Morgan fingerprint density at radius 2 is 1.89 bits per heavy atom. The molecule has 0 unspecified atom stereocenters. The van der Waals surface area contributed by atoms with E-state index in [-0.39, 0.29) is 22.4 Å². The first kappa shape index (κ1) is 27.0. The van der Waals surface area contributed by atoms with Crippen LogP contribution >= 0.6 is 23.4 Å². The Balaban J connectivity index is 1.65. The van der Waals surface area contributed by atoms with E-state index < -0.39 is 29.0 Å². The summed E-state index contributed by atoms with van der Waals surface area (Å²) in [6.45, 7) is 3.01. The number of likely N-dealkylation sites (N-methyl/N-ethyl adjacent to an activating group) is 1. The van der Waals surface area contributed by atoms with Gasteiger partial charge in [-0.2, -0.15) is 18.2 Å². The maximum atomic E-state index is 13.5. The molecule has 1 aliphatic rings. The number of ether oxygens (including phenoxy) is 1. The molecule has 0 atom stereocenters. The van der Waals surface area contributed by atoms with Crippen molar-refractivity contribution >= 4 is 35.2 Å². The van der Waals surface area contributed by atoms with Gasteiger partial charge < -0.3 is 20.3 Å². The van der Waals surface area contributed by atoms with Crippen LogP contribution in [0.4, 0.5) is 23.5 Å². The molecule has 2 heterocycles. The van der Waals surface area contributed by atoms with Crippen molar-refractivity contribution in [3.05, 3.63) is 70.1 Å². The van der Waals surface area contributed by atoms with E-state index >= 15 is 0 Å². The number of rotatable bonds is 7. The molecule has 1 aromatic heterocycles. The van der Waals surface area contributed by atoms with Crippen LogP contribution in [-0.2, 0) is 12.8 Å². The van der Waals surface area contributed by atoms with Crippen LogP contribution in [0.15, 0.2) is 52.4 Å². The van der Waals surface area contributed by atoms with Gasteiger partial charge in [0.05, 0.1) is 27.2 Å². The lowest BCUT2D eigenvalue weighted by atomic mass is 10.1. The number of primary amides is 1. The van der Waals surface area contributed by atoms with Crippen molar-refractivity contribution in [2.75, 3.05) is 38.1 Å². The van der Waals surface area contributed by atoms with Gasteiger partial charge >= 0.3 is 6.18 Å². The van der Waals surface area contributed by atoms with Crippen LogP contribution in [0.1, 0.15) is 21.5 Å². The zero-order valence-electron chi connectivity index (χ0n) is 19.6. The summed E-state index contributed by atoms with van der Waals surface area (Å²) in [6, 6.07) is 7.39. The summed E-state index contributed by atoms with van der Waals surface area (Å²) in [7, 11) is 2.01. The van der Waals surface area contributed by atoms with Crippen LogP contribution in [0.25, 0.3) is 0 Å². The van der Waals surface area contributed by atoms with Crippen molar-refractivity contribution < 1.29 is 27.1 Å². The number of hydrogen-bond acceptors (Lipinski definition) is 7. The molecule has 0 aliphatic carbocycles. The number of carbonyl (C=O) groups excluding carboxylic acids is 1. The van der Waals surface area contributed by atoms with Gasteiger partial charge in [-0.25, -0.2) is 9.37 Å². The average molecular weight is 556 g/mol. The zero-order chi connectivity index (χ0) is 26.7. The van der Waals surface area contributed by atoms with E-state index in [2.05, 4.69) is 14.9 Å². The minimum absolute atomic E-state index is 0.0127. The smallest absolute Gasteiger partial charge is 0.417 e. The summed E-state index contributed by atoms with van der Waals surface area (Å²) in [4.78, 5) is 25.1. The van der Waals surface area contributed by atoms with E-state index in [1.807, 2.05) is 11.9 Å². The summed E-state index contributed by atoms with van der Waals surface area (Å²) in [6.07, 6.45) is -3.29. The van der Waals surface area contributed by atoms with E-state index in [0.29, 0.717) is 29.5 Å². The van der Waals surface area contributed by atoms with Crippen molar-refractivity contribution in [2.45, 2.75) is 22.6 Å². The number of aromatic nitrogens is 2. The Morgan fingerprint density at radius 3 is 2.54 bits per heavy atom. The molecular formula is C24H22ClF4N5O2S. The van der Waals surface area contributed by atoms with Gasteiger partial charge in [0.1, 0.15) is 12.4 Å². The summed E-state index contributed by atoms with van der Waals surface area (Å²) < 4.78 is 60.1. The third-order valence-electron chi connectivity index (χ3n) is 5.64. The third-order valence-corrected chi connectivity index (χ3v) is 6.92. The molecule has 196 valence electrons. The van der Waals surface area contributed by atoms with E-state index in [1.165, 1.54) is 30.5 Å². The molecule has 13 heteroatoms. The fraction of sp³-hybridized carbons (Fsp3) is 0.292. The zero-order valence-corrected chi connectivity index (χ0v) is 21.1. The van der Waals surface area contributed by atoms with E-state index in [1.54, 1.807) is 0 Å². The van der Waals surface area contributed by atoms with Crippen LogP contribution in [0.2, 0.25) is 5.02 Å². The summed E-state index contributed by atoms with van der Waals surface area (Å²) in [5.74, 6) is -1.18. The molecule has 2 N–H and O–H groups in total. The van der Waals surface area contributed by atoms with Gasteiger partial charge in [-0.05, 0) is 42.9 Å². The van der Waals surface area contributed by atoms with Crippen LogP contribution < -0.4 is 15.4 Å². The minimum atomic E-state index is -4.77. The quantitative estimate of drug-likeness (QED) is 0.416. The van der Waals surface area contributed by atoms with E-state index in [0.717, 1.165) is 37.0 Å². The maximum Gasteiger partial charge on any atom is 0.417 e. The number of nitrogens with zero attached hydrogens (tertiary/aromatic N) is 4. The molecule has 1 amide bonds. The molecule has 0 saturated carbocycles. The van der Waals surface area contributed by atoms with Crippen molar-refractivity contribution in [3.63, 3.8) is 0 Å². The molecule has 0 bridgehead atoms. The molecule has 1 fully saturated rings. The second kappa shape index (κ2) is 11.1. The highest BCUT2D eigenvalue weighted by Gasteiger charge is 2.35. The maximum absolute atomic E-state index is 13.5. The van der Waals surface area contributed by atoms with Gasteiger partial charge in [-0.3, -0.25) is 4.79 Å². The van der Waals surface area contributed by atoms with Gasteiger partial charge in [0.15, 0.2) is 0 Å². The number of benzene rings is 2. The molecule has 2 aromatic carbocycles. The number of hydrogen-bond donors (Lipinski definition) is 1. The van der Waals surface area contributed by atoms with Gasteiger partial charge in [0, 0.05) is 31.1 Å². The molecule has 3 aromatic rings. The van der Waals surface area contributed by atoms with Gasteiger partial charge in [0.25, 0.3) is 0 Å².